The van der Waals surface area contributed by atoms with E-state index in [1.807, 2.05) is 23.8 Å². The van der Waals surface area contributed by atoms with Crippen LogP contribution in [-0.4, -0.2) is 14.5 Å². The highest BCUT2D eigenvalue weighted by Crippen LogP contribution is 2.11. The number of hydrogen-bond donors (Lipinski definition) is 0. The van der Waals surface area contributed by atoms with E-state index >= 15 is 0 Å². The molecule has 2 aromatic heterocycles. The van der Waals surface area contributed by atoms with Gasteiger partial charge in [-0.2, -0.15) is 0 Å². The van der Waals surface area contributed by atoms with Gasteiger partial charge in [-0.1, -0.05) is 11.6 Å². The lowest BCUT2D eigenvalue weighted by Gasteiger charge is -2.03. The van der Waals surface area contributed by atoms with Crippen LogP contribution in [0.1, 0.15) is 5.82 Å². The number of pyridine rings is 1. The zero-order valence-electron chi connectivity index (χ0n) is 7.11. The van der Waals surface area contributed by atoms with Crippen LogP contribution in [0, 0.1) is 6.92 Å². The molecule has 0 aliphatic heterocycles. The predicted octanol–water partition coefficient (Wildman–Crippen LogP) is 2.23. The summed E-state index contributed by atoms with van der Waals surface area (Å²) >= 11 is 5.68. The molecule has 13 heavy (non-hydrogen) atoms. The van der Waals surface area contributed by atoms with Crippen molar-refractivity contribution in [2.24, 2.45) is 0 Å². The molecular weight excluding hydrogens is 186 g/mol. The molecule has 0 radical (unpaired) electrons. The second-order valence-corrected chi connectivity index (χ2v) is 3.07. The van der Waals surface area contributed by atoms with Crippen molar-refractivity contribution in [1.82, 2.24) is 14.5 Å². The lowest BCUT2D eigenvalue weighted by molar-refractivity contribution is 0.965. The summed E-state index contributed by atoms with van der Waals surface area (Å²) in [5, 5.41) is 0.501. The number of aromatic nitrogens is 3. The van der Waals surface area contributed by atoms with Gasteiger partial charge in [0.1, 0.15) is 11.0 Å². The third kappa shape index (κ3) is 1.55. The van der Waals surface area contributed by atoms with E-state index in [-0.39, 0.29) is 0 Å². The number of halogens is 1. The zero-order chi connectivity index (χ0) is 9.26. The first-order valence-corrected chi connectivity index (χ1v) is 4.27. The molecule has 0 unspecified atom stereocenters. The normalized spacial score (nSPS) is 10.3. The average molecular weight is 194 g/mol. The Kier molecular flexibility index (Phi) is 2.02. The van der Waals surface area contributed by atoms with Crippen molar-refractivity contribution >= 4 is 11.6 Å². The summed E-state index contributed by atoms with van der Waals surface area (Å²) in [7, 11) is 0. The van der Waals surface area contributed by atoms with Crippen LogP contribution in [0.15, 0.2) is 30.7 Å². The Bertz CT molecular complexity index is 405. The molecule has 0 amide bonds. The maximum absolute atomic E-state index is 5.68. The maximum atomic E-state index is 5.68. The zero-order valence-corrected chi connectivity index (χ0v) is 7.86. The van der Waals surface area contributed by atoms with Crippen LogP contribution in [0.2, 0.25) is 5.15 Å². The number of hydrogen-bond acceptors (Lipinski definition) is 2. The van der Waals surface area contributed by atoms with Crippen molar-refractivity contribution in [2.75, 3.05) is 0 Å². The standard InChI is InChI=1S/C9H8ClN3/c1-7-11-4-5-13(7)8-2-3-9(10)12-6-8/h2-6H,1H3. The summed E-state index contributed by atoms with van der Waals surface area (Å²) in [6.45, 7) is 1.94. The van der Waals surface area contributed by atoms with Crippen LogP contribution in [0.3, 0.4) is 0 Å². The van der Waals surface area contributed by atoms with E-state index in [9.17, 15) is 0 Å². The quantitative estimate of drug-likeness (QED) is 0.651. The topological polar surface area (TPSA) is 30.7 Å². The van der Waals surface area contributed by atoms with E-state index in [1.165, 1.54) is 0 Å². The summed E-state index contributed by atoms with van der Waals surface area (Å²) < 4.78 is 1.95. The Hall–Kier alpha value is -1.35. The van der Waals surface area contributed by atoms with Crippen LogP contribution in [0.25, 0.3) is 5.69 Å². The lowest BCUT2D eigenvalue weighted by Crippen LogP contribution is -1.95. The first kappa shape index (κ1) is 8.26. The fourth-order valence-electron chi connectivity index (χ4n) is 1.16. The molecule has 0 aromatic carbocycles. The molecular formula is C9H8ClN3. The molecule has 66 valence electrons. The predicted molar refractivity (Wildman–Crippen MR) is 51.1 cm³/mol. The molecule has 2 aromatic rings. The van der Waals surface area contributed by atoms with Crippen LogP contribution in [0.4, 0.5) is 0 Å². The highest BCUT2D eigenvalue weighted by molar-refractivity contribution is 6.29. The van der Waals surface area contributed by atoms with Gasteiger partial charge in [-0.25, -0.2) is 9.97 Å². The SMILES string of the molecule is Cc1nccn1-c1ccc(Cl)nc1. The van der Waals surface area contributed by atoms with Crippen LogP contribution >= 0.6 is 11.6 Å². The van der Waals surface area contributed by atoms with Gasteiger partial charge in [-0.05, 0) is 19.1 Å². The van der Waals surface area contributed by atoms with Crippen molar-refractivity contribution in [1.29, 1.82) is 0 Å². The lowest BCUT2D eigenvalue weighted by atomic mass is 10.4. The summed E-state index contributed by atoms with van der Waals surface area (Å²) in [5.41, 5.74) is 0.972. The van der Waals surface area contributed by atoms with E-state index < -0.39 is 0 Å². The molecule has 0 spiro atoms. The molecule has 0 saturated heterocycles. The average Bonchev–Trinajstić information content (AvgIpc) is 2.53. The van der Waals surface area contributed by atoms with E-state index in [4.69, 9.17) is 11.6 Å². The van der Waals surface area contributed by atoms with E-state index in [2.05, 4.69) is 9.97 Å². The van der Waals surface area contributed by atoms with E-state index in [1.54, 1.807) is 18.5 Å². The van der Waals surface area contributed by atoms with Crippen molar-refractivity contribution in [3.63, 3.8) is 0 Å². The highest BCUT2D eigenvalue weighted by Gasteiger charge is 1.99. The van der Waals surface area contributed by atoms with Crippen molar-refractivity contribution < 1.29 is 0 Å². The summed E-state index contributed by atoms with van der Waals surface area (Å²) in [6.07, 6.45) is 5.36. The van der Waals surface area contributed by atoms with Gasteiger partial charge in [0.05, 0.1) is 11.9 Å². The first-order chi connectivity index (χ1) is 6.27. The second kappa shape index (κ2) is 3.18. The molecule has 0 bridgehead atoms. The minimum Gasteiger partial charge on any atom is -0.302 e. The van der Waals surface area contributed by atoms with Crippen molar-refractivity contribution in [3.8, 4) is 5.69 Å². The molecule has 3 nitrogen and oxygen atoms in total. The Morgan fingerprint density at radius 3 is 2.69 bits per heavy atom. The largest absolute Gasteiger partial charge is 0.302 e. The smallest absolute Gasteiger partial charge is 0.129 e. The monoisotopic (exact) mass is 193 g/mol. The minimum absolute atomic E-state index is 0.501. The van der Waals surface area contributed by atoms with E-state index in [0.717, 1.165) is 11.5 Å². The minimum atomic E-state index is 0.501. The van der Waals surface area contributed by atoms with Gasteiger partial charge in [0.25, 0.3) is 0 Å². The molecule has 2 rings (SSSR count). The fourth-order valence-corrected chi connectivity index (χ4v) is 1.27. The fraction of sp³-hybridized carbons (Fsp3) is 0.111. The molecule has 0 atom stereocenters. The maximum Gasteiger partial charge on any atom is 0.129 e. The Morgan fingerprint density at radius 1 is 1.31 bits per heavy atom. The van der Waals surface area contributed by atoms with Gasteiger partial charge in [0, 0.05) is 12.4 Å². The Balaban J connectivity index is 2.47. The molecule has 0 aliphatic carbocycles. The third-order valence-electron chi connectivity index (χ3n) is 1.82. The molecule has 0 aliphatic rings. The van der Waals surface area contributed by atoms with Crippen LogP contribution in [-0.2, 0) is 0 Å². The van der Waals surface area contributed by atoms with Gasteiger partial charge < -0.3 is 4.57 Å². The van der Waals surface area contributed by atoms with Gasteiger partial charge in [-0.15, -0.1) is 0 Å². The highest BCUT2D eigenvalue weighted by atomic mass is 35.5. The molecule has 0 saturated carbocycles. The van der Waals surface area contributed by atoms with Gasteiger partial charge >= 0.3 is 0 Å². The summed E-state index contributed by atoms with van der Waals surface area (Å²) in [4.78, 5) is 8.11. The molecule has 0 fully saturated rings. The van der Waals surface area contributed by atoms with Gasteiger partial charge in [0.2, 0.25) is 0 Å². The summed E-state index contributed by atoms with van der Waals surface area (Å²) in [5.74, 6) is 0.934. The van der Waals surface area contributed by atoms with Gasteiger partial charge in [-0.3, -0.25) is 0 Å². The third-order valence-corrected chi connectivity index (χ3v) is 2.04. The number of nitrogens with zero attached hydrogens (tertiary/aromatic N) is 3. The number of rotatable bonds is 1. The number of imidazole rings is 1. The van der Waals surface area contributed by atoms with Crippen molar-refractivity contribution in [3.05, 3.63) is 41.7 Å². The second-order valence-electron chi connectivity index (χ2n) is 2.68. The Morgan fingerprint density at radius 2 is 2.15 bits per heavy atom. The summed E-state index contributed by atoms with van der Waals surface area (Å²) in [6, 6.07) is 3.67. The molecule has 4 heteroatoms. The van der Waals surface area contributed by atoms with Gasteiger partial charge in [0.15, 0.2) is 0 Å². The first-order valence-electron chi connectivity index (χ1n) is 3.89. The number of aryl methyl sites for hydroxylation is 1. The van der Waals surface area contributed by atoms with Crippen LogP contribution < -0.4 is 0 Å². The van der Waals surface area contributed by atoms with Crippen LogP contribution in [0.5, 0.6) is 0 Å². The molecule has 2 heterocycles. The Labute approximate surface area is 81.0 Å². The molecule has 0 N–H and O–H groups in total. The van der Waals surface area contributed by atoms with Crippen molar-refractivity contribution in [2.45, 2.75) is 6.92 Å². The van der Waals surface area contributed by atoms with E-state index in [0.29, 0.717) is 5.15 Å².